The molecule has 0 amide bonds. The second kappa shape index (κ2) is 5.51. The Bertz CT molecular complexity index is 651. The molecule has 0 radical (unpaired) electrons. The fourth-order valence-electron chi connectivity index (χ4n) is 5.80. The predicted octanol–water partition coefficient (Wildman–Crippen LogP) is 2.64. The summed E-state index contributed by atoms with van der Waals surface area (Å²) in [5.74, 6) is 0.779. The Morgan fingerprint density at radius 2 is 1.96 bits per heavy atom. The summed E-state index contributed by atoms with van der Waals surface area (Å²) in [6.07, 6.45) is 1.73. The van der Waals surface area contributed by atoms with Gasteiger partial charge in [0.1, 0.15) is 11.7 Å². The molecule has 0 bridgehead atoms. The highest BCUT2D eigenvalue weighted by atomic mass is 16.7. The van der Waals surface area contributed by atoms with Gasteiger partial charge in [0.05, 0.1) is 12.7 Å². The van der Waals surface area contributed by atoms with E-state index in [1.165, 1.54) is 6.42 Å². The molecule has 4 aliphatic rings. The summed E-state index contributed by atoms with van der Waals surface area (Å²) >= 11 is 0. The Morgan fingerprint density at radius 3 is 2.64 bits per heavy atom. The number of hydrogen-bond acceptors (Lipinski definition) is 5. The van der Waals surface area contributed by atoms with Gasteiger partial charge in [0.2, 0.25) is 0 Å². The number of ether oxygens (including phenoxy) is 4. The first kappa shape index (κ1) is 16.2. The van der Waals surface area contributed by atoms with E-state index in [0.29, 0.717) is 12.5 Å². The van der Waals surface area contributed by atoms with Crippen molar-refractivity contribution >= 4 is 0 Å². The third-order valence-corrected chi connectivity index (χ3v) is 7.18. The standard InChI is InChI=1S/C20H26O5/c1-19-10-13-8-9-14(13)20(19,21)18(22-2)24-15-11-23-17(25-16(15)19)12-6-4-3-5-7-12/h3-7,13-18,21H,8-11H2,1-2H3/t13-,14-,15-,16-,17-,18+,19+,20+/m1/s1. The van der Waals surface area contributed by atoms with Crippen molar-refractivity contribution in [1.82, 2.24) is 0 Å². The van der Waals surface area contributed by atoms with Crippen LogP contribution < -0.4 is 0 Å². The third-order valence-electron chi connectivity index (χ3n) is 7.18. The summed E-state index contributed by atoms with van der Waals surface area (Å²) in [5, 5.41) is 11.7. The normalized spacial score (nSPS) is 51.2. The first-order valence-electron chi connectivity index (χ1n) is 9.30. The molecule has 2 heterocycles. The molecular formula is C20H26O5. The van der Waals surface area contributed by atoms with Crippen molar-refractivity contribution in [3.05, 3.63) is 35.9 Å². The van der Waals surface area contributed by atoms with E-state index in [-0.39, 0.29) is 23.5 Å². The van der Waals surface area contributed by atoms with Crippen molar-refractivity contribution in [3.8, 4) is 0 Å². The lowest BCUT2D eigenvalue weighted by Crippen LogP contribution is -2.71. The highest BCUT2D eigenvalue weighted by molar-refractivity contribution is 5.22. The molecule has 5 rings (SSSR count). The predicted molar refractivity (Wildman–Crippen MR) is 89.6 cm³/mol. The number of benzene rings is 1. The van der Waals surface area contributed by atoms with Gasteiger partial charge in [-0.2, -0.15) is 0 Å². The minimum absolute atomic E-state index is 0.201. The van der Waals surface area contributed by atoms with Gasteiger partial charge in [0.15, 0.2) is 12.6 Å². The van der Waals surface area contributed by atoms with E-state index >= 15 is 0 Å². The van der Waals surface area contributed by atoms with Crippen molar-refractivity contribution in [2.75, 3.05) is 13.7 Å². The van der Waals surface area contributed by atoms with Crippen LogP contribution in [0.3, 0.4) is 0 Å². The zero-order valence-electron chi connectivity index (χ0n) is 14.8. The van der Waals surface area contributed by atoms with E-state index < -0.39 is 18.2 Å². The molecule has 136 valence electrons. The number of rotatable bonds is 2. The van der Waals surface area contributed by atoms with Crippen molar-refractivity contribution in [2.24, 2.45) is 17.3 Å². The Morgan fingerprint density at radius 1 is 1.16 bits per heavy atom. The molecular weight excluding hydrogens is 320 g/mol. The first-order valence-corrected chi connectivity index (χ1v) is 9.30. The molecule has 25 heavy (non-hydrogen) atoms. The van der Waals surface area contributed by atoms with E-state index in [1.807, 2.05) is 30.3 Å². The largest absolute Gasteiger partial charge is 0.384 e. The molecule has 2 aliphatic carbocycles. The number of methoxy groups -OCH3 is 1. The van der Waals surface area contributed by atoms with Gasteiger partial charge >= 0.3 is 0 Å². The second-order valence-electron chi connectivity index (χ2n) is 8.27. The van der Waals surface area contributed by atoms with E-state index in [4.69, 9.17) is 18.9 Å². The van der Waals surface area contributed by atoms with Gasteiger partial charge in [-0.15, -0.1) is 0 Å². The van der Waals surface area contributed by atoms with Gasteiger partial charge in [-0.1, -0.05) is 37.3 Å². The van der Waals surface area contributed by atoms with E-state index in [1.54, 1.807) is 7.11 Å². The Labute approximate surface area is 148 Å². The fourth-order valence-corrected chi connectivity index (χ4v) is 5.80. The van der Waals surface area contributed by atoms with Gasteiger partial charge in [0, 0.05) is 18.1 Å². The Balaban J connectivity index is 1.50. The lowest BCUT2D eigenvalue weighted by molar-refractivity contribution is -0.398. The maximum atomic E-state index is 11.7. The van der Waals surface area contributed by atoms with Crippen LogP contribution >= 0.6 is 0 Å². The molecule has 1 N–H and O–H groups in total. The lowest BCUT2D eigenvalue weighted by atomic mass is 9.63. The van der Waals surface area contributed by atoms with Crippen LogP contribution in [0.1, 0.15) is 38.0 Å². The SMILES string of the molecule is CO[C@H]1O[C@@H]2CO[C@@H](c3ccccc3)O[C@H]2[C@]2(C)C[C@H]3CC[C@H]3[C@]12O. The lowest BCUT2D eigenvalue weighted by Gasteiger charge is -2.58. The third kappa shape index (κ3) is 2.02. The zero-order valence-corrected chi connectivity index (χ0v) is 14.8. The first-order chi connectivity index (χ1) is 12.1. The molecule has 4 fully saturated rings. The quantitative estimate of drug-likeness (QED) is 0.892. The zero-order chi connectivity index (χ0) is 17.2. The van der Waals surface area contributed by atoms with Crippen LogP contribution in [-0.2, 0) is 18.9 Å². The molecule has 0 spiro atoms. The van der Waals surface area contributed by atoms with E-state index in [9.17, 15) is 5.11 Å². The maximum absolute atomic E-state index is 11.7. The van der Waals surface area contributed by atoms with Gasteiger partial charge in [-0.3, -0.25) is 0 Å². The highest BCUT2D eigenvalue weighted by Crippen LogP contribution is 2.67. The average molecular weight is 346 g/mol. The maximum Gasteiger partial charge on any atom is 0.187 e. The molecule has 2 aliphatic heterocycles. The van der Waals surface area contributed by atoms with Crippen molar-refractivity contribution < 1.29 is 24.1 Å². The minimum Gasteiger partial charge on any atom is -0.384 e. The van der Waals surface area contributed by atoms with Crippen LogP contribution in [0, 0.1) is 17.3 Å². The molecule has 5 nitrogen and oxygen atoms in total. The highest BCUT2D eigenvalue weighted by Gasteiger charge is 2.74. The summed E-state index contributed by atoms with van der Waals surface area (Å²) in [6.45, 7) is 2.61. The summed E-state index contributed by atoms with van der Waals surface area (Å²) in [7, 11) is 1.62. The van der Waals surface area contributed by atoms with Crippen LogP contribution in [-0.4, -0.2) is 42.9 Å². The Hall–Kier alpha value is -0.980. The van der Waals surface area contributed by atoms with Crippen LogP contribution in [0.5, 0.6) is 0 Å². The van der Waals surface area contributed by atoms with Gasteiger partial charge < -0.3 is 24.1 Å². The van der Waals surface area contributed by atoms with E-state index in [0.717, 1.165) is 18.4 Å². The number of aliphatic hydroxyl groups is 1. The van der Waals surface area contributed by atoms with Gasteiger partial charge in [-0.25, -0.2) is 0 Å². The van der Waals surface area contributed by atoms with Crippen LogP contribution in [0.2, 0.25) is 0 Å². The average Bonchev–Trinajstić information content (AvgIpc) is 2.78. The van der Waals surface area contributed by atoms with Crippen LogP contribution in [0.4, 0.5) is 0 Å². The topological polar surface area (TPSA) is 57.2 Å². The fraction of sp³-hybridized carbons (Fsp3) is 0.700. The number of fused-ring (bicyclic) bond motifs is 5. The molecule has 0 unspecified atom stereocenters. The smallest absolute Gasteiger partial charge is 0.187 e. The summed E-state index contributed by atoms with van der Waals surface area (Å²) < 4.78 is 24.1. The minimum atomic E-state index is -0.996. The summed E-state index contributed by atoms with van der Waals surface area (Å²) in [4.78, 5) is 0. The van der Waals surface area contributed by atoms with Gasteiger partial charge in [0.25, 0.3) is 0 Å². The molecule has 1 aromatic carbocycles. The van der Waals surface area contributed by atoms with Crippen LogP contribution in [0.15, 0.2) is 30.3 Å². The molecule has 2 saturated heterocycles. The molecule has 8 atom stereocenters. The molecule has 0 aromatic heterocycles. The number of hydrogen-bond donors (Lipinski definition) is 1. The molecule has 2 saturated carbocycles. The van der Waals surface area contributed by atoms with Crippen molar-refractivity contribution in [1.29, 1.82) is 0 Å². The summed E-state index contributed by atoms with van der Waals surface area (Å²) in [6, 6.07) is 9.98. The molecule has 1 aromatic rings. The van der Waals surface area contributed by atoms with Gasteiger partial charge in [-0.05, 0) is 31.1 Å². The van der Waals surface area contributed by atoms with Crippen molar-refractivity contribution in [3.63, 3.8) is 0 Å². The monoisotopic (exact) mass is 346 g/mol. The second-order valence-corrected chi connectivity index (χ2v) is 8.27. The molecule has 5 heteroatoms. The van der Waals surface area contributed by atoms with E-state index in [2.05, 4.69) is 6.92 Å². The van der Waals surface area contributed by atoms with Crippen LogP contribution in [0.25, 0.3) is 0 Å². The summed E-state index contributed by atoms with van der Waals surface area (Å²) in [5.41, 5.74) is -0.383. The Kier molecular flexibility index (Phi) is 3.57. The van der Waals surface area contributed by atoms with Crippen molar-refractivity contribution in [2.45, 2.75) is 56.6 Å².